The molecule has 0 aliphatic heterocycles. The van der Waals surface area contributed by atoms with E-state index < -0.39 is 18.3 Å². The van der Waals surface area contributed by atoms with Crippen LogP contribution in [0.4, 0.5) is 8.78 Å². The molecule has 3 rings (SSSR count). The van der Waals surface area contributed by atoms with E-state index in [0.29, 0.717) is 23.5 Å². The third-order valence-electron chi connectivity index (χ3n) is 7.34. The summed E-state index contributed by atoms with van der Waals surface area (Å²) in [5.41, 5.74) is 2.86. The van der Waals surface area contributed by atoms with E-state index in [4.69, 9.17) is 14.2 Å². The molecule has 1 atom stereocenters. The highest BCUT2D eigenvalue weighted by molar-refractivity contribution is 5.91. The topological polar surface area (TPSA) is 44.8 Å². The van der Waals surface area contributed by atoms with E-state index in [2.05, 4.69) is 6.92 Å². The summed E-state index contributed by atoms with van der Waals surface area (Å²) in [4.78, 5) is 12.7. The molecule has 0 fully saturated rings. The Morgan fingerprint density at radius 1 is 0.643 bits per heavy atom. The second-order valence-electron chi connectivity index (χ2n) is 10.8. The quantitative estimate of drug-likeness (QED) is 0.0758. The highest BCUT2D eigenvalue weighted by atomic mass is 19.3. The Kier molecular flexibility index (Phi) is 15.1. The van der Waals surface area contributed by atoms with Crippen molar-refractivity contribution >= 4 is 5.97 Å². The first-order valence-corrected chi connectivity index (χ1v) is 15.5. The third kappa shape index (κ3) is 11.6. The fourth-order valence-electron chi connectivity index (χ4n) is 4.69. The molecule has 3 aromatic carbocycles. The lowest BCUT2D eigenvalue weighted by Gasteiger charge is -2.17. The van der Waals surface area contributed by atoms with Crippen molar-refractivity contribution in [1.29, 1.82) is 0 Å². The Bertz CT molecular complexity index is 1140. The average molecular weight is 581 g/mol. The van der Waals surface area contributed by atoms with Gasteiger partial charge in [0.25, 0.3) is 0 Å². The maximum atomic E-state index is 13.6. The highest BCUT2D eigenvalue weighted by Gasteiger charge is 2.23. The van der Waals surface area contributed by atoms with Gasteiger partial charge in [-0.2, -0.15) is 0 Å². The zero-order chi connectivity index (χ0) is 30.0. The Morgan fingerprint density at radius 2 is 1.19 bits per heavy atom. The molecule has 0 radical (unpaired) electrons. The number of carbonyl (C=O) groups is 1. The van der Waals surface area contributed by atoms with Crippen molar-refractivity contribution in [2.24, 2.45) is 0 Å². The summed E-state index contributed by atoms with van der Waals surface area (Å²) in [6.07, 6.45) is 9.44. The Labute approximate surface area is 250 Å². The zero-order valence-corrected chi connectivity index (χ0v) is 25.2. The van der Waals surface area contributed by atoms with Gasteiger partial charge < -0.3 is 14.2 Å². The van der Waals surface area contributed by atoms with Crippen LogP contribution in [-0.2, 0) is 4.74 Å². The summed E-state index contributed by atoms with van der Waals surface area (Å²) in [6.45, 7) is 5.42. The predicted octanol–water partition coefficient (Wildman–Crippen LogP) is 10.3. The van der Waals surface area contributed by atoms with E-state index in [-0.39, 0.29) is 6.61 Å². The van der Waals surface area contributed by atoms with Crippen LogP contribution in [0.1, 0.15) is 99.9 Å². The van der Waals surface area contributed by atoms with Gasteiger partial charge in [0.05, 0.1) is 24.7 Å². The van der Waals surface area contributed by atoms with Gasteiger partial charge in [-0.3, -0.25) is 0 Å². The van der Waals surface area contributed by atoms with Crippen LogP contribution in [0.2, 0.25) is 0 Å². The molecule has 0 unspecified atom stereocenters. The molecule has 0 saturated heterocycles. The second-order valence-corrected chi connectivity index (χ2v) is 10.8. The summed E-state index contributed by atoms with van der Waals surface area (Å²) in [5.74, 6) is -0.367. The monoisotopic (exact) mass is 580 g/mol. The van der Waals surface area contributed by atoms with Crippen molar-refractivity contribution in [3.8, 4) is 22.6 Å². The lowest BCUT2D eigenvalue weighted by Crippen LogP contribution is -2.16. The summed E-state index contributed by atoms with van der Waals surface area (Å²) >= 11 is 0. The summed E-state index contributed by atoms with van der Waals surface area (Å²) in [7, 11) is 0. The Balaban J connectivity index is 1.44. The fourth-order valence-corrected chi connectivity index (χ4v) is 4.69. The minimum atomic E-state index is -2.54. The lowest BCUT2D eigenvalue weighted by atomic mass is 10.0. The molecule has 0 heterocycles. The summed E-state index contributed by atoms with van der Waals surface area (Å²) < 4.78 is 43.9. The van der Waals surface area contributed by atoms with Gasteiger partial charge in [-0.25, -0.2) is 13.6 Å². The maximum Gasteiger partial charge on any atom is 0.343 e. The molecular weight excluding hydrogens is 534 g/mol. The molecular formula is C36H46F2O4. The molecule has 228 valence electrons. The maximum absolute atomic E-state index is 13.6. The van der Waals surface area contributed by atoms with Crippen molar-refractivity contribution in [1.82, 2.24) is 0 Å². The van der Waals surface area contributed by atoms with E-state index in [1.165, 1.54) is 44.9 Å². The second kappa shape index (κ2) is 19.0. The van der Waals surface area contributed by atoms with Crippen LogP contribution in [-0.4, -0.2) is 32.2 Å². The van der Waals surface area contributed by atoms with E-state index >= 15 is 0 Å². The van der Waals surface area contributed by atoms with Crippen LogP contribution in [0.3, 0.4) is 0 Å². The molecule has 0 saturated carbocycles. The molecule has 0 aliphatic carbocycles. The van der Waals surface area contributed by atoms with Gasteiger partial charge in [0.1, 0.15) is 11.5 Å². The van der Waals surface area contributed by atoms with Crippen LogP contribution < -0.4 is 9.47 Å². The van der Waals surface area contributed by atoms with Gasteiger partial charge in [-0.1, -0.05) is 102 Å². The normalized spacial score (nSPS) is 11.9. The number of hydrogen-bond acceptors (Lipinski definition) is 4. The average Bonchev–Trinajstić information content (AvgIpc) is 3.01. The van der Waals surface area contributed by atoms with Crippen molar-refractivity contribution in [3.05, 3.63) is 83.9 Å². The Hall–Kier alpha value is -3.25. The van der Waals surface area contributed by atoms with Crippen molar-refractivity contribution in [3.63, 3.8) is 0 Å². The molecule has 6 heteroatoms. The van der Waals surface area contributed by atoms with E-state index in [9.17, 15) is 13.6 Å². The van der Waals surface area contributed by atoms with Gasteiger partial charge in [-0.05, 0) is 65.9 Å². The van der Waals surface area contributed by atoms with Crippen molar-refractivity contribution < 1.29 is 27.8 Å². The molecule has 3 aromatic rings. The molecule has 0 aromatic heterocycles. The first-order chi connectivity index (χ1) is 20.5. The SMILES string of the molecule is CCCCCCCCCCOc1ccc(-c2ccc(C(=O)Oc3ccc([C@@H](COCCCC)C(F)F)cc3)cc2)cc1. The van der Waals surface area contributed by atoms with E-state index in [1.54, 1.807) is 36.4 Å². The molecule has 0 N–H and O–H groups in total. The lowest BCUT2D eigenvalue weighted by molar-refractivity contribution is 0.0425. The number of unbranched alkanes of at least 4 members (excludes halogenated alkanes) is 8. The van der Waals surface area contributed by atoms with Crippen molar-refractivity contribution in [2.75, 3.05) is 19.8 Å². The van der Waals surface area contributed by atoms with Gasteiger partial charge in [0.2, 0.25) is 6.43 Å². The standard InChI is InChI=1S/C36H46F2O4/c1-3-5-7-8-9-10-11-12-26-41-32-21-17-29(18-22-32)28-13-15-31(16-14-28)36(39)42-33-23-19-30(20-24-33)34(35(37)38)27-40-25-6-4-2/h13-24,34-35H,3-12,25-27H2,1-2H3/t34-/m1/s1. The smallest absolute Gasteiger partial charge is 0.343 e. The number of alkyl halides is 2. The number of ether oxygens (including phenoxy) is 3. The van der Waals surface area contributed by atoms with Crippen LogP contribution >= 0.6 is 0 Å². The molecule has 0 bridgehead atoms. The Morgan fingerprint density at radius 3 is 1.79 bits per heavy atom. The van der Waals surface area contributed by atoms with Gasteiger partial charge in [0, 0.05) is 6.61 Å². The van der Waals surface area contributed by atoms with E-state index in [0.717, 1.165) is 42.7 Å². The molecule has 0 aliphatic rings. The fraction of sp³-hybridized carbons (Fsp3) is 0.472. The van der Waals surface area contributed by atoms with Crippen molar-refractivity contribution in [2.45, 2.75) is 90.4 Å². The highest BCUT2D eigenvalue weighted by Crippen LogP contribution is 2.27. The number of halogens is 2. The first kappa shape index (κ1) is 33.3. The van der Waals surface area contributed by atoms with Crippen LogP contribution in [0.25, 0.3) is 11.1 Å². The van der Waals surface area contributed by atoms with E-state index in [1.807, 2.05) is 43.3 Å². The van der Waals surface area contributed by atoms with Crippen LogP contribution in [0.15, 0.2) is 72.8 Å². The molecule has 0 spiro atoms. The van der Waals surface area contributed by atoms with Gasteiger partial charge >= 0.3 is 5.97 Å². The summed E-state index contributed by atoms with van der Waals surface area (Å²) in [5, 5.41) is 0. The van der Waals surface area contributed by atoms with Gasteiger partial charge in [-0.15, -0.1) is 0 Å². The minimum Gasteiger partial charge on any atom is -0.494 e. The third-order valence-corrected chi connectivity index (χ3v) is 7.34. The number of esters is 1. The molecule has 0 amide bonds. The minimum absolute atomic E-state index is 0.0434. The van der Waals surface area contributed by atoms with Crippen LogP contribution in [0, 0.1) is 0 Å². The molecule has 4 nitrogen and oxygen atoms in total. The predicted molar refractivity (Wildman–Crippen MR) is 166 cm³/mol. The van der Waals surface area contributed by atoms with Crippen LogP contribution in [0.5, 0.6) is 11.5 Å². The number of benzene rings is 3. The first-order valence-electron chi connectivity index (χ1n) is 15.5. The zero-order valence-electron chi connectivity index (χ0n) is 25.2. The number of rotatable bonds is 20. The molecule has 42 heavy (non-hydrogen) atoms. The summed E-state index contributed by atoms with van der Waals surface area (Å²) in [6, 6.07) is 21.4. The largest absolute Gasteiger partial charge is 0.494 e. The number of hydrogen-bond donors (Lipinski definition) is 0. The number of carbonyl (C=O) groups excluding carboxylic acids is 1. The van der Waals surface area contributed by atoms with Gasteiger partial charge in [0.15, 0.2) is 0 Å².